The van der Waals surface area contributed by atoms with E-state index in [0.717, 1.165) is 6.42 Å². The minimum Gasteiger partial charge on any atom is -0.0877 e. The fourth-order valence-corrected chi connectivity index (χ4v) is 5.47. The van der Waals surface area contributed by atoms with Crippen LogP contribution in [0.15, 0.2) is 0 Å². The second-order valence-electron chi connectivity index (χ2n) is 4.64. The molecule has 2 atom stereocenters. The molecule has 0 aromatic carbocycles. The van der Waals surface area contributed by atoms with Crippen LogP contribution in [0, 0.1) is 5.92 Å². The molecule has 0 aliphatic carbocycles. The summed E-state index contributed by atoms with van der Waals surface area (Å²) in [6.07, 6.45) is 1.02. The van der Waals surface area contributed by atoms with Gasteiger partial charge in [0, 0.05) is 4.75 Å². The maximum Gasteiger partial charge on any atom is 0.203 e. The molecule has 0 saturated carbocycles. The summed E-state index contributed by atoms with van der Waals surface area (Å²) in [5.41, 5.74) is 0. The lowest BCUT2D eigenvalue weighted by atomic mass is 10.1. The summed E-state index contributed by atoms with van der Waals surface area (Å²) in [4.78, 5) is 0. The van der Waals surface area contributed by atoms with Crippen LogP contribution in [0.3, 0.4) is 0 Å². The highest BCUT2D eigenvalue weighted by Crippen LogP contribution is 2.49. The van der Waals surface area contributed by atoms with Crippen molar-refractivity contribution in [3.8, 4) is 0 Å². The third-order valence-electron chi connectivity index (χ3n) is 1.89. The van der Waals surface area contributed by atoms with E-state index in [1.165, 1.54) is 0 Å². The van der Waals surface area contributed by atoms with Gasteiger partial charge in [-0.2, -0.15) is 0 Å². The van der Waals surface area contributed by atoms with Crippen molar-refractivity contribution in [1.82, 2.24) is 0 Å². The van der Waals surface area contributed by atoms with Crippen molar-refractivity contribution in [2.45, 2.75) is 54.8 Å². The normalized spacial score (nSPS) is 17.6. The Balaban J connectivity index is 4.40. The predicted octanol–water partition coefficient (Wildman–Crippen LogP) is 5.95. The van der Waals surface area contributed by atoms with E-state index in [-0.39, 0.29) is 10.00 Å². The van der Waals surface area contributed by atoms with E-state index in [1.54, 1.807) is 21.6 Å². The molecule has 0 N–H and O–H groups in total. The quantitative estimate of drug-likeness (QED) is 0.465. The van der Waals surface area contributed by atoms with Gasteiger partial charge in [0.15, 0.2) is 0 Å². The van der Waals surface area contributed by atoms with Crippen LogP contribution in [0.1, 0.15) is 41.0 Å². The molecule has 0 rings (SSSR count). The number of alkyl halides is 3. The Hall–Kier alpha value is 1.57. The Kier molecular flexibility index (Phi) is 7.17. The molecule has 5 heteroatoms. The van der Waals surface area contributed by atoms with Gasteiger partial charge in [-0.1, -0.05) is 97.4 Å². The van der Waals surface area contributed by atoms with Crippen LogP contribution >= 0.6 is 56.4 Å². The van der Waals surface area contributed by atoms with Crippen molar-refractivity contribution < 1.29 is 0 Å². The molecule has 0 nitrogen and oxygen atoms in total. The van der Waals surface area contributed by atoms with Crippen LogP contribution in [0.25, 0.3) is 0 Å². The molecule has 0 saturated heterocycles. The van der Waals surface area contributed by atoms with Gasteiger partial charge in [0.25, 0.3) is 0 Å². The molecule has 0 aromatic rings. The van der Waals surface area contributed by atoms with Gasteiger partial charge in [-0.15, -0.1) is 0 Å². The Morgan fingerprint density at radius 3 is 1.87 bits per heavy atom. The smallest absolute Gasteiger partial charge is 0.0877 e. The molecular weight excluding hydrogens is 291 g/mol. The van der Waals surface area contributed by atoms with Gasteiger partial charge in [0.1, 0.15) is 0 Å². The van der Waals surface area contributed by atoms with Crippen molar-refractivity contribution in [3.05, 3.63) is 0 Å². The van der Waals surface area contributed by atoms with Gasteiger partial charge in [-0.3, -0.25) is 0 Å². The summed E-state index contributed by atoms with van der Waals surface area (Å²) in [6, 6.07) is 0. The summed E-state index contributed by atoms with van der Waals surface area (Å²) < 4.78 is -0.995. The molecule has 0 amide bonds. The van der Waals surface area contributed by atoms with Crippen LogP contribution in [0.4, 0.5) is 0 Å². The highest BCUT2D eigenvalue weighted by molar-refractivity contribution is 8.77. The van der Waals surface area contributed by atoms with Crippen molar-refractivity contribution >= 4 is 56.4 Å². The molecule has 0 radical (unpaired) electrons. The Morgan fingerprint density at radius 1 is 1.13 bits per heavy atom. The minimum absolute atomic E-state index is 0.0386. The first-order valence-electron chi connectivity index (χ1n) is 4.99. The largest absolute Gasteiger partial charge is 0.203 e. The molecule has 0 aliphatic heterocycles. The summed E-state index contributed by atoms with van der Waals surface area (Å²) >= 11 is 18.0. The molecule has 0 aliphatic rings. The molecule has 2 unspecified atom stereocenters. The third kappa shape index (κ3) is 7.49. The number of hydrogen-bond donors (Lipinski definition) is 0. The van der Waals surface area contributed by atoms with Gasteiger partial charge in [0.2, 0.25) is 3.79 Å². The van der Waals surface area contributed by atoms with E-state index in [0.29, 0.717) is 5.92 Å². The van der Waals surface area contributed by atoms with E-state index >= 15 is 0 Å². The molecule has 0 fully saturated rings. The third-order valence-corrected chi connectivity index (χ3v) is 7.01. The zero-order valence-corrected chi connectivity index (χ0v) is 13.7. The number of hydrogen-bond acceptors (Lipinski definition) is 2. The highest BCUT2D eigenvalue weighted by atomic mass is 35.6. The van der Waals surface area contributed by atoms with Crippen LogP contribution in [0.5, 0.6) is 0 Å². The van der Waals surface area contributed by atoms with Gasteiger partial charge < -0.3 is 0 Å². The summed E-state index contributed by atoms with van der Waals surface area (Å²) in [6.45, 7) is 10.7. The first kappa shape index (κ1) is 16.6. The lowest BCUT2D eigenvalue weighted by Gasteiger charge is -2.30. The average Bonchev–Trinajstić information content (AvgIpc) is 1.99. The second-order valence-corrected chi connectivity index (χ2v) is 10.2. The van der Waals surface area contributed by atoms with Gasteiger partial charge in [-0.25, -0.2) is 0 Å². The second kappa shape index (κ2) is 6.49. The molecule has 0 bridgehead atoms. The molecule has 92 valence electrons. The topological polar surface area (TPSA) is 0 Å². The molecule has 0 spiro atoms. The van der Waals surface area contributed by atoms with Crippen molar-refractivity contribution in [2.24, 2.45) is 5.92 Å². The van der Waals surface area contributed by atoms with E-state index in [1.807, 2.05) is 0 Å². The Labute approximate surface area is 117 Å². The van der Waals surface area contributed by atoms with Crippen molar-refractivity contribution in [3.63, 3.8) is 0 Å². The molecule has 0 heterocycles. The fraction of sp³-hybridized carbons (Fsp3) is 1.00. The van der Waals surface area contributed by atoms with Crippen molar-refractivity contribution in [1.29, 1.82) is 0 Å². The van der Waals surface area contributed by atoms with Gasteiger partial charge in [0.05, 0.1) is 5.25 Å². The highest BCUT2D eigenvalue weighted by Gasteiger charge is 2.37. The molecular formula is C10H19Cl3S2. The van der Waals surface area contributed by atoms with Crippen LogP contribution in [-0.4, -0.2) is 13.8 Å². The lowest BCUT2D eigenvalue weighted by Crippen LogP contribution is -2.28. The first-order valence-corrected chi connectivity index (χ1v) is 8.34. The molecule has 15 heavy (non-hydrogen) atoms. The van der Waals surface area contributed by atoms with Crippen LogP contribution in [-0.2, 0) is 0 Å². The van der Waals surface area contributed by atoms with E-state index in [2.05, 4.69) is 34.6 Å². The summed E-state index contributed by atoms with van der Waals surface area (Å²) in [5.74, 6) is 0.400. The zero-order chi connectivity index (χ0) is 12.3. The van der Waals surface area contributed by atoms with E-state index in [4.69, 9.17) is 34.8 Å². The summed E-state index contributed by atoms with van der Waals surface area (Å²) in [7, 11) is 3.46. The van der Waals surface area contributed by atoms with Crippen molar-refractivity contribution in [2.75, 3.05) is 0 Å². The average molecular weight is 310 g/mol. The van der Waals surface area contributed by atoms with Crippen LogP contribution in [0.2, 0.25) is 0 Å². The first-order chi connectivity index (χ1) is 6.58. The molecule has 0 aromatic heterocycles. The Morgan fingerprint density at radius 2 is 1.60 bits per heavy atom. The standard InChI is InChI=1S/C10H19Cl3S2/c1-6-7(2)8(10(11,12)13)14-15-9(3,4)5/h7-8H,6H2,1-5H3. The summed E-state index contributed by atoms with van der Waals surface area (Å²) in [5, 5.41) is 0.0386. The number of halogens is 3. The maximum atomic E-state index is 6.00. The van der Waals surface area contributed by atoms with Gasteiger partial charge >= 0.3 is 0 Å². The zero-order valence-electron chi connectivity index (χ0n) is 9.81. The van der Waals surface area contributed by atoms with E-state index < -0.39 is 3.79 Å². The van der Waals surface area contributed by atoms with Gasteiger partial charge in [-0.05, 0) is 5.92 Å². The minimum atomic E-state index is -1.18. The number of rotatable bonds is 4. The van der Waals surface area contributed by atoms with Crippen LogP contribution < -0.4 is 0 Å². The lowest BCUT2D eigenvalue weighted by molar-refractivity contribution is 0.540. The van der Waals surface area contributed by atoms with E-state index in [9.17, 15) is 0 Å². The Bertz CT molecular complexity index is 184. The SMILES string of the molecule is CCC(C)C(SSC(C)(C)C)C(Cl)(Cl)Cl. The predicted molar refractivity (Wildman–Crippen MR) is 78.5 cm³/mol. The monoisotopic (exact) mass is 308 g/mol. The maximum absolute atomic E-state index is 6.00. The fourth-order valence-electron chi connectivity index (χ4n) is 0.882.